The Morgan fingerprint density at radius 1 is 1.25 bits per heavy atom. The van der Waals surface area contributed by atoms with Crippen LogP contribution in [0.3, 0.4) is 0 Å². The molecule has 1 saturated heterocycles. The number of rotatable bonds is 7. The van der Waals surface area contributed by atoms with Crippen LogP contribution in [0.15, 0.2) is 24.5 Å². The summed E-state index contributed by atoms with van der Waals surface area (Å²) in [7, 11) is 2.25. The zero-order valence-corrected chi connectivity index (χ0v) is 20.5. The molecule has 6 nitrogen and oxygen atoms in total. The summed E-state index contributed by atoms with van der Waals surface area (Å²) in [5, 5.41) is 4.90. The van der Waals surface area contributed by atoms with Crippen molar-refractivity contribution in [2.24, 2.45) is 5.92 Å². The molecule has 0 spiro atoms. The highest BCUT2D eigenvalue weighted by molar-refractivity contribution is 6.31. The number of halogens is 1. The number of nitrogens with zero attached hydrogens (tertiary/aromatic N) is 4. The minimum atomic E-state index is -0.245. The predicted molar refractivity (Wildman–Crippen MR) is 131 cm³/mol. The van der Waals surface area contributed by atoms with Gasteiger partial charge in [-0.3, -0.25) is 4.79 Å². The molecule has 0 radical (unpaired) electrons. The lowest BCUT2D eigenvalue weighted by atomic mass is 9.77. The van der Waals surface area contributed by atoms with Crippen molar-refractivity contribution in [3.8, 4) is 0 Å². The molecule has 32 heavy (non-hydrogen) atoms. The van der Waals surface area contributed by atoms with Crippen molar-refractivity contribution in [2.45, 2.75) is 83.5 Å². The van der Waals surface area contributed by atoms with Gasteiger partial charge in [-0.25, -0.2) is 9.97 Å². The minimum Gasteiger partial charge on any atom is -0.358 e. The molecule has 2 heterocycles. The highest BCUT2D eigenvalue weighted by atomic mass is 35.5. The van der Waals surface area contributed by atoms with E-state index in [1.807, 2.05) is 18.2 Å². The maximum Gasteiger partial charge on any atom is 0.245 e. The molecule has 0 bridgehead atoms. The number of aromatic nitrogens is 2. The number of hydrogen-bond acceptors (Lipinski definition) is 5. The van der Waals surface area contributed by atoms with E-state index in [-0.39, 0.29) is 11.9 Å². The second-order valence-electron chi connectivity index (χ2n) is 9.74. The molecule has 2 aliphatic rings. The number of benzene rings is 1. The lowest BCUT2D eigenvalue weighted by Gasteiger charge is -2.44. The van der Waals surface area contributed by atoms with Gasteiger partial charge in [-0.15, -0.1) is 0 Å². The summed E-state index contributed by atoms with van der Waals surface area (Å²) in [5.41, 5.74) is 0.824. The molecule has 1 aromatic heterocycles. The zero-order chi connectivity index (χ0) is 22.8. The van der Waals surface area contributed by atoms with Crippen molar-refractivity contribution in [3.05, 3.63) is 29.5 Å². The monoisotopic (exact) mass is 457 g/mol. The van der Waals surface area contributed by atoms with Crippen LogP contribution in [0.2, 0.25) is 5.02 Å². The standard InChI is InChI=1S/C25H36ClN5O/c1-5-6-17-13-19(30(4)16(2)3)8-10-23(17)31-12-11-22(25(31)32)29-24-20-14-18(26)7-9-21(20)27-15-28-24/h7,9,14-17,19,22-23H,5-6,8,10-13H2,1-4H3,(H,27,28,29)/t17-,19-,22+,23+/m1/s1. The predicted octanol–water partition coefficient (Wildman–Crippen LogP) is 4.97. The van der Waals surface area contributed by atoms with Gasteiger partial charge in [0.25, 0.3) is 0 Å². The maximum atomic E-state index is 13.5. The Balaban J connectivity index is 1.48. The summed E-state index contributed by atoms with van der Waals surface area (Å²) in [6.45, 7) is 7.61. The van der Waals surface area contributed by atoms with Gasteiger partial charge >= 0.3 is 0 Å². The van der Waals surface area contributed by atoms with Crippen LogP contribution in [0.1, 0.15) is 59.3 Å². The molecule has 1 amide bonds. The summed E-state index contributed by atoms with van der Waals surface area (Å²) in [6.07, 6.45) is 8.13. The van der Waals surface area contributed by atoms with Crippen molar-refractivity contribution in [1.82, 2.24) is 19.8 Å². The van der Waals surface area contributed by atoms with Crippen LogP contribution in [-0.4, -0.2) is 63.4 Å². The number of anilines is 1. The number of nitrogens with one attached hydrogen (secondary N) is 1. The fourth-order valence-electron chi connectivity index (χ4n) is 5.58. The summed E-state index contributed by atoms with van der Waals surface area (Å²) in [5.74, 6) is 1.46. The van der Waals surface area contributed by atoms with E-state index in [1.165, 1.54) is 12.8 Å². The Morgan fingerprint density at radius 2 is 2.06 bits per heavy atom. The van der Waals surface area contributed by atoms with Gasteiger partial charge < -0.3 is 15.1 Å². The molecule has 1 saturated carbocycles. The third-order valence-corrected chi connectivity index (χ3v) is 7.75. The summed E-state index contributed by atoms with van der Waals surface area (Å²) >= 11 is 6.20. The Morgan fingerprint density at radius 3 is 2.81 bits per heavy atom. The largest absolute Gasteiger partial charge is 0.358 e. The van der Waals surface area contributed by atoms with Crippen LogP contribution in [0.4, 0.5) is 5.82 Å². The minimum absolute atomic E-state index is 0.209. The molecular formula is C25H36ClN5O. The van der Waals surface area contributed by atoms with Crippen molar-refractivity contribution < 1.29 is 4.79 Å². The first kappa shape index (κ1) is 23.2. The Bertz CT molecular complexity index is 951. The second kappa shape index (κ2) is 9.92. The molecule has 4 atom stereocenters. The van der Waals surface area contributed by atoms with Crippen LogP contribution < -0.4 is 5.32 Å². The Kier molecular flexibility index (Phi) is 7.21. The van der Waals surface area contributed by atoms with Crippen molar-refractivity contribution >= 4 is 34.2 Å². The maximum absolute atomic E-state index is 13.5. The topological polar surface area (TPSA) is 61.4 Å². The molecule has 2 fully saturated rings. The molecule has 1 aromatic carbocycles. The van der Waals surface area contributed by atoms with Crippen molar-refractivity contribution in [2.75, 3.05) is 18.9 Å². The fraction of sp³-hybridized carbons (Fsp3) is 0.640. The van der Waals surface area contributed by atoms with E-state index in [0.29, 0.717) is 34.9 Å². The highest BCUT2D eigenvalue weighted by Crippen LogP contribution is 2.37. The SMILES string of the molecule is CCC[C@@H]1C[C@H](N(C)C(C)C)CC[C@@H]1N1CC[C@H](Nc2ncnc3ccc(Cl)cc23)C1=O. The van der Waals surface area contributed by atoms with Gasteiger partial charge in [0.15, 0.2) is 0 Å². The fourth-order valence-corrected chi connectivity index (χ4v) is 5.75. The Hall–Kier alpha value is -1.92. The first-order valence-corrected chi connectivity index (χ1v) is 12.5. The summed E-state index contributed by atoms with van der Waals surface area (Å²) in [6, 6.07) is 6.84. The average molecular weight is 458 g/mol. The third-order valence-electron chi connectivity index (χ3n) is 7.51. The second-order valence-corrected chi connectivity index (χ2v) is 10.2. The van der Waals surface area contributed by atoms with Gasteiger partial charge in [0.05, 0.1) is 5.52 Å². The molecule has 1 aliphatic heterocycles. The number of carbonyl (C=O) groups is 1. The van der Waals surface area contributed by atoms with Crippen molar-refractivity contribution in [1.29, 1.82) is 0 Å². The summed E-state index contributed by atoms with van der Waals surface area (Å²) in [4.78, 5) is 26.9. The van der Waals surface area contributed by atoms with Gasteiger partial charge in [-0.1, -0.05) is 24.9 Å². The van der Waals surface area contributed by atoms with Gasteiger partial charge in [0.2, 0.25) is 5.91 Å². The first-order chi connectivity index (χ1) is 15.4. The van der Waals surface area contributed by atoms with Crippen molar-refractivity contribution in [3.63, 3.8) is 0 Å². The lowest BCUT2D eigenvalue weighted by Crippen LogP contribution is -2.51. The molecule has 0 unspecified atom stereocenters. The van der Waals surface area contributed by atoms with Crippen LogP contribution in [0.25, 0.3) is 10.9 Å². The van der Waals surface area contributed by atoms with E-state index in [1.54, 1.807) is 6.33 Å². The molecule has 2 aromatic rings. The lowest BCUT2D eigenvalue weighted by molar-refractivity contribution is -0.132. The van der Waals surface area contributed by atoms with E-state index >= 15 is 0 Å². The molecular weight excluding hydrogens is 422 g/mol. The molecule has 1 aliphatic carbocycles. The van der Waals surface area contributed by atoms with E-state index in [2.05, 4.69) is 52.9 Å². The highest BCUT2D eigenvalue weighted by Gasteiger charge is 2.42. The smallest absolute Gasteiger partial charge is 0.245 e. The molecule has 4 rings (SSSR count). The van der Waals surface area contributed by atoms with Gasteiger partial charge in [-0.2, -0.15) is 0 Å². The molecule has 7 heteroatoms. The first-order valence-electron chi connectivity index (χ1n) is 12.1. The quantitative estimate of drug-likeness (QED) is 0.635. The van der Waals surface area contributed by atoms with E-state index in [9.17, 15) is 4.79 Å². The molecule has 174 valence electrons. The van der Waals surface area contributed by atoms with E-state index in [0.717, 1.165) is 43.1 Å². The van der Waals surface area contributed by atoms with Gasteiger partial charge in [0, 0.05) is 35.1 Å². The number of amides is 1. The van der Waals surface area contributed by atoms with Gasteiger partial charge in [0.1, 0.15) is 18.2 Å². The third kappa shape index (κ3) is 4.72. The Labute approximate surface area is 196 Å². The van der Waals surface area contributed by atoms with Gasteiger partial charge in [-0.05, 0) is 77.1 Å². The van der Waals surface area contributed by atoms with E-state index < -0.39 is 0 Å². The van der Waals surface area contributed by atoms with Crippen LogP contribution >= 0.6 is 11.6 Å². The van der Waals surface area contributed by atoms with E-state index in [4.69, 9.17) is 11.6 Å². The average Bonchev–Trinajstić information content (AvgIpc) is 3.13. The molecule has 1 N–H and O–H groups in total. The number of hydrogen-bond donors (Lipinski definition) is 1. The zero-order valence-electron chi connectivity index (χ0n) is 19.7. The van der Waals surface area contributed by atoms with Crippen LogP contribution in [0, 0.1) is 5.92 Å². The number of fused-ring (bicyclic) bond motifs is 1. The number of likely N-dealkylation sites (tertiary alicyclic amines) is 1. The van der Waals surface area contributed by atoms with Crippen LogP contribution in [0.5, 0.6) is 0 Å². The number of carbonyl (C=O) groups excluding carboxylic acids is 1. The summed E-state index contributed by atoms with van der Waals surface area (Å²) < 4.78 is 0. The van der Waals surface area contributed by atoms with Crippen LogP contribution in [-0.2, 0) is 4.79 Å². The normalized spacial score (nSPS) is 26.5.